The van der Waals surface area contributed by atoms with Crippen LogP contribution in [0.25, 0.3) is 0 Å². The predicted octanol–water partition coefficient (Wildman–Crippen LogP) is 2.76. The molecule has 1 unspecified atom stereocenters. The van der Waals surface area contributed by atoms with Crippen LogP contribution in [0.1, 0.15) is 25.5 Å². The zero-order valence-electron chi connectivity index (χ0n) is 8.64. The van der Waals surface area contributed by atoms with E-state index in [0.717, 1.165) is 5.75 Å². The van der Waals surface area contributed by atoms with Gasteiger partial charge in [0.05, 0.1) is 15.9 Å². The first-order valence-corrected chi connectivity index (χ1v) is 5.64. The predicted molar refractivity (Wildman–Crippen MR) is 60.1 cm³/mol. The van der Waals surface area contributed by atoms with E-state index in [9.17, 15) is 15.2 Å². The molecule has 0 aromatic heterocycles. The Bertz CT molecular complexity index is 366. The molecule has 0 amide bonds. The third-order valence-corrected chi connectivity index (χ3v) is 2.91. The minimum absolute atomic E-state index is 0.0697. The summed E-state index contributed by atoms with van der Waals surface area (Å²) >= 11 is 1.43. The SMILES string of the molecule is CCSc1ccc(C(C)O)cc1[N+](=O)[O-]. The molecule has 0 saturated heterocycles. The first kappa shape index (κ1) is 12.0. The van der Waals surface area contributed by atoms with Crippen LogP contribution < -0.4 is 0 Å². The molecule has 1 rings (SSSR count). The van der Waals surface area contributed by atoms with Crippen molar-refractivity contribution >= 4 is 17.4 Å². The molecule has 82 valence electrons. The van der Waals surface area contributed by atoms with Crippen LogP contribution in [0.5, 0.6) is 0 Å². The lowest BCUT2D eigenvalue weighted by atomic mass is 10.1. The van der Waals surface area contributed by atoms with E-state index in [0.29, 0.717) is 10.5 Å². The minimum Gasteiger partial charge on any atom is -0.389 e. The van der Waals surface area contributed by atoms with Crippen molar-refractivity contribution in [1.29, 1.82) is 0 Å². The van der Waals surface area contributed by atoms with Gasteiger partial charge < -0.3 is 5.11 Å². The van der Waals surface area contributed by atoms with Crippen molar-refractivity contribution in [1.82, 2.24) is 0 Å². The molecule has 0 saturated carbocycles. The minimum atomic E-state index is -0.677. The maximum absolute atomic E-state index is 10.8. The molecule has 0 spiro atoms. The van der Waals surface area contributed by atoms with Gasteiger partial charge in [0.25, 0.3) is 5.69 Å². The Kier molecular flexibility index (Phi) is 4.11. The molecule has 15 heavy (non-hydrogen) atoms. The number of benzene rings is 1. The van der Waals surface area contributed by atoms with Crippen LogP contribution in [-0.2, 0) is 0 Å². The molecule has 0 heterocycles. The normalized spacial score (nSPS) is 12.5. The number of rotatable bonds is 4. The zero-order valence-corrected chi connectivity index (χ0v) is 9.45. The van der Waals surface area contributed by atoms with Crippen molar-refractivity contribution in [2.24, 2.45) is 0 Å². The lowest BCUT2D eigenvalue weighted by molar-refractivity contribution is -0.387. The van der Waals surface area contributed by atoms with Gasteiger partial charge in [0.2, 0.25) is 0 Å². The van der Waals surface area contributed by atoms with Gasteiger partial charge in [0.1, 0.15) is 0 Å². The van der Waals surface area contributed by atoms with Crippen LogP contribution in [-0.4, -0.2) is 15.8 Å². The standard InChI is InChI=1S/C10H13NO3S/c1-3-15-10-5-4-8(7(2)12)6-9(10)11(13)14/h4-7,12H,3H2,1-2H3. The second-order valence-corrected chi connectivity index (χ2v) is 4.40. The third-order valence-electron chi connectivity index (χ3n) is 1.96. The van der Waals surface area contributed by atoms with Crippen LogP contribution >= 0.6 is 11.8 Å². The van der Waals surface area contributed by atoms with Gasteiger partial charge in [0, 0.05) is 6.07 Å². The molecule has 0 aliphatic rings. The van der Waals surface area contributed by atoms with Crippen molar-refractivity contribution in [3.63, 3.8) is 0 Å². The second kappa shape index (κ2) is 5.14. The highest BCUT2D eigenvalue weighted by molar-refractivity contribution is 7.99. The van der Waals surface area contributed by atoms with E-state index < -0.39 is 11.0 Å². The van der Waals surface area contributed by atoms with Gasteiger partial charge in [-0.15, -0.1) is 11.8 Å². The number of hydrogen-bond acceptors (Lipinski definition) is 4. The number of hydrogen-bond donors (Lipinski definition) is 1. The van der Waals surface area contributed by atoms with Crippen LogP contribution in [0.15, 0.2) is 23.1 Å². The lowest BCUT2D eigenvalue weighted by Gasteiger charge is -2.06. The van der Waals surface area contributed by atoms with Crippen LogP contribution in [0, 0.1) is 10.1 Å². The average Bonchev–Trinajstić information content (AvgIpc) is 2.18. The Balaban J connectivity index is 3.14. The highest BCUT2D eigenvalue weighted by Gasteiger charge is 2.15. The number of thioether (sulfide) groups is 1. The van der Waals surface area contributed by atoms with Crippen molar-refractivity contribution in [2.45, 2.75) is 24.8 Å². The topological polar surface area (TPSA) is 63.4 Å². The monoisotopic (exact) mass is 227 g/mol. The van der Waals surface area contributed by atoms with E-state index in [1.807, 2.05) is 6.92 Å². The van der Waals surface area contributed by atoms with E-state index in [1.54, 1.807) is 19.1 Å². The highest BCUT2D eigenvalue weighted by Crippen LogP contribution is 2.31. The molecule has 1 aromatic rings. The molecule has 0 aliphatic carbocycles. The quantitative estimate of drug-likeness (QED) is 0.488. The number of aliphatic hydroxyl groups excluding tert-OH is 1. The molecule has 0 bridgehead atoms. The molecule has 0 radical (unpaired) electrons. The summed E-state index contributed by atoms with van der Waals surface area (Å²) in [6.07, 6.45) is -0.677. The summed E-state index contributed by atoms with van der Waals surface area (Å²) in [5.41, 5.74) is 0.641. The van der Waals surface area contributed by atoms with E-state index in [4.69, 9.17) is 0 Å². The molecule has 1 atom stereocenters. The first-order valence-electron chi connectivity index (χ1n) is 4.65. The highest BCUT2D eigenvalue weighted by atomic mass is 32.2. The fraction of sp³-hybridized carbons (Fsp3) is 0.400. The van der Waals surface area contributed by atoms with Gasteiger partial charge in [-0.25, -0.2) is 0 Å². The van der Waals surface area contributed by atoms with Gasteiger partial charge in [-0.2, -0.15) is 0 Å². The third kappa shape index (κ3) is 2.94. The van der Waals surface area contributed by atoms with Crippen LogP contribution in [0.4, 0.5) is 5.69 Å². The van der Waals surface area contributed by atoms with E-state index in [-0.39, 0.29) is 5.69 Å². The average molecular weight is 227 g/mol. The number of nitro benzene ring substituents is 1. The summed E-state index contributed by atoms with van der Waals surface area (Å²) in [5, 5.41) is 20.1. The van der Waals surface area contributed by atoms with Crippen LogP contribution in [0.3, 0.4) is 0 Å². The van der Waals surface area contributed by atoms with E-state index in [1.165, 1.54) is 17.8 Å². The van der Waals surface area contributed by atoms with E-state index >= 15 is 0 Å². The smallest absolute Gasteiger partial charge is 0.283 e. The molecular formula is C10H13NO3S. The summed E-state index contributed by atoms with van der Waals surface area (Å²) in [7, 11) is 0. The van der Waals surface area contributed by atoms with Gasteiger partial charge in [-0.1, -0.05) is 13.0 Å². The summed E-state index contributed by atoms with van der Waals surface area (Å²) in [5.74, 6) is 0.787. The molecule has 4 nitrogen and oxygen atoms in total. The van der Waals surface area contributed by atoms with Crippen LogP contribution in [0.2, 0.25) is 0 Å². The van der Waals surface area contributed by atoms with Gasteiger partial charge >= 0.3 is 0 Å². The van der Waals surface area contributed by atoms with E-state index in [2.05, 4.69) is 0 Å². The van der Waals surface area contributed by atoms with Crippen molar-refractivity contribution in [3.05, 3.63) is 33.9 Å². The Hall–Kier alpha value is -1.07. The molecule has 1 aromatic carbocycles. The number of aliphatic hydroxyl groups is 1. The lowest BCUT2D eigenvalue weighted by Crippen LogP contribution is -1.96. The summed E-state index contributed by atoms with van der Waals surface area (Å²) in [4.78, 5) is 11.0. The summed E-state index contributed by atoms with van der Waals surface area (Å²) in [6, 6.07) is 4.84. The maximum Gasteiger partial charge on any atom is 0.283 e. The summed E-state index contributed by atoms with van der Waals surface area (Å²) in [6.45, 7) is 3.53. The zero-order chi connectivity index (χ0) is 11.4. The van der Waals surface area contributed by atoms with Gasteiger partial charge in [0.15, 0.2) is 0 Å². The van der Waals surface area contributed by atoms with Gasteiger partial charge in [-0.3, -0.25) is 10.1 Å². The second-order valence-electron chi connectivity index (χ2n) is 3.09. The Morgan fingerprint density at radius 2 is 2.27 bits per heavy atom. The number of nitro groups is 1. The van der Waals surface area contributed by atoms with Gasteiger partial charge in [-0.05, 0) is 24.3 Å². The summed E-state index contributed by atoms with van der Waals surface area (Å²) < 4.78 is 0. The maximum atomic E-state index is 10.8. The van der Waals surface area contributed by atoms with Crippen molar-refractivity contribution < 1.29 is 10.0 Å². The molecule has 0 fully saturated rings. The Labute approximate surface area is 92.5 Å². The first-order chi connectivity index (χ1) is 7.06. The van der Waals surface area contributed by atoms with Crippen molar-refractivity contribution in [3.8, 4) is 0 Å². The molecule has 5 heteroatoms. The Morgan fingerprint density at radius 3 is 2.73 bits per heavy atom. The van der Waals surface area contributed by atoms with Crippen molar-refractivity contribution in [2.75, 3.05) is 5.75 Å². The largest absolute Gasteiger partial charge is 0.389 e. The molecule has 0 aliphatic heterocycles. The Morgan fingerprint density at radius 1 is 1.60 bits per heavy atom. The number of nitrogens with zero attached hydrogens (tertiary/aromatic N) is 1. The fourth-order valence-corrected chi connectivity index (χ4v) is 1.97. The molecule has 1 N–H and O–H groups in total. The fourth-order valence-electron chi connectivity index (χ4n) is 1.21. The molecular weight excluding hydrogens is 214 g/mol.